The van der Waals surface area contributed by atoms with Gasteiger partial charge in [-0.15, -0.1) is 0 Å². The first-order valence-electron chi connectivity index (χ1n) is 6.41. The molecule has 5 heteroatoms. The smallest absolute Gasteiger partial charge is 0.325 e. The van der Waals surface area contributed by atoms with Crippen molar-refractivity contribution < 1.29 is 18.0 Å². The van der Waals surface area contributed by atoms with Crippen LogP contribution in [0.3, 0.4) is 0 Å². The number of amides is 1. The summed E-state index contributed by atoms with van der Waals surface area (Å²) in [5.74, 6) is -0.711. The van der Waals surface area contributed by atoms with E-state index in [1.54, 1.807) is 6.07 Å². The van der Waals surface area contributed by atoms with Crippen LogP contribution in [0.5, 0.6) is 0 Å². The maximum atomic E-state index is 12.9. The predicted octanol–water partition coefficient (Wildman–Crippen LogP) is 4.18. The number of carbonyl (C=O) groups excluding carboxylic acids is 1. The summed E-state index contributed by atoms with van der Waals surface area (Å²) in [6.45, 7) is 3.90. The lowest BCUT2D eigenvalue weighted by molar-refractivity contribution is -0.136. The van der Waals surface area contributed by atoms with Gasteiger partial charge in [-0.25, -0.2) is 0 Å². The van der Waals surface area contributed by atoms with Gasteiger partial charge in [-0.1, -0.05) is 38.8 Å². The quantitative estimate of drug-likeness (QED) is 0.878. The fourth-order valence-corrected chi connectivity index (χ4v) is 2.78. The molecule has 1 aromatic rings. The second-order valence-electron chi connectivity index (χ2n) is 4.81. The van der Waals surface area contributed by atoms with Crippen LogP contribution in [0.25, 0.3) is 0 Å². The van der Waals surface area contributed by atoms with Crippen LogP contribution in [0.15, 0.2) is 18.2 Å². The van der Waals surface area contributed by atoms with E-state index in [1.807, 2.05) is 13.8 Å². The highest BCUT2D eigenvalue weighted by molar-refractivity contribution is 6.04. The summed E-state index contributed by atoms with van der Waals surface area (Å²) in [5, 5.41) is 2.41. The second-order valence-corrected chi connectivity index (χ2v) is 4.81. The van der Waals surface area contributed by atoms with Crippen LogP contribution < -0.4 is 5.32 Å². The van der Waals surface area contributed by atoms with Gasteiger partial charge in [0, 0.05) is 0 Å². The summed E-state index contributed by atoms with van der Waals surface area (Å²) >= 11 is 0. The normalized spacial score (nSPS) is 18.6. The first-order chi connectivity index (χ1) is 8.90. The van der Waals surface area contributed by atoms with E-state index in [9.17, 15) is 18.0 Å². The molecular formula is C14H16F3NO. The average Bonchev–Trinajstić information content (AvgIpc) is 2.66. The minimum Gasteiger partial charge on any atom is -0.325 e. The van der Waals surface area contributed by atoms with Gasteiger partial charge in [0.15, 0.2) is 0 Å². The zero-order valence-corrected chi connectivity index (χ0v) is 10.8. The molecule has 1 heterocycles. The summed E-state index contributed by atoms with van der Waals surface area (Å²) in [5.41, 5.74) is -0.336. The Bertz CT molecular complexity index is 492. The monoisotopic (exact) mass is 271 g/mol. The Kier molecular flexibility index (Phi) is 3.56. The molecule has 1 amide bonds. The van der Waals surface area contributed by atoms with Crippen LogP contribution in [-0.2, 0) is 11.0 Å². The molecule has 0 spiro atoms. The number of fused-ring (bicyclic) bond motifs is 1. The molecule has 1 aromatic carbocycles. The Balaban J connectivity index is 2.51. The summed E-state index contributed by atoms with van der Waals surface area (Å²) in [4.78, 5) is 12.0. The molecule has 2 rings (SSSR count). The van der Waals surface area contributed by atoms with E-state index in [4.69, 9.17) is 0 Å². The SMILES string of the molecule is CCC(CC)C1C(=O)Nc2c1cccc2C(F)(F)F. The van der Waals surface area contributed by atoms with Crippen molar-refractivity contribution in [1.29, 1.82) is 0 Å². The van der Waals surface area contributed by atoms with Crippen LogP contribution >= 0.6 is 0 Å². The van der Waals surface area contributed by atoms with Crippen molar-refractivity contribution in [1.82, 2.24) is 0 Å². The predicted molar refractivity (Wildman–Crippen MR) is 66.9 cm³/mol. The third kappa shape index (κ3) is 2.33. The zero-order chi connectivity index (χ0) is 14.2. The molecule has 19 heavy (non-hydrogen) atoms. The zero-order valence-electron chi connectivity index (χ0n) is 10.8. The molecule has 1 N–H and O–H groups in total. The molecule has 0 aromatic heterocycles. The molecule has 0 radical (unpaired) electrons. The molecule has 0 saturated carbocycles. The van der Waals surface area contributed by atoms with Crippen molar-refractivity contribution in [3.63, 3.8) is 0 Å². The van der Waals surface area contributed by atoms with E-state index in [2.05, 4.69) is 5.32 Å². The molecule has 1 aliphatic rings. The molecule has 1 atom stereocenters. The molecule has 0 fully saturated rings. The molecule has 0 aliphatic carbocycles. The van der Waals surface area contributed by atoms with Crippen molar-refractivity contribution in [2.24, 2.45) is 5.92 Å². The highest BCUT2D eigenvalue weighted by Crippen LogP contribution is 2.45. The number of anilines is 1. The topological polar surface area (TPSA) is 29.1 Å². The van der Waals surface area contributed by atoms with Crippen LogP contribution in [0.4, 0.5) is 18.9 Å². The molecule has 1 unspecified atom stereocenters. The number of hydrogen-bond donors (Lipinski definition) is 1. The first kappa shape index (κ1) is 13.9. The van der Waals surface area contributed by atoms with Gasteiger partial charge < -0.3 is 5.32 Å². The fourth-order valence-electron chi connectivity index (χ4n) is 2.78. The maximum absolute atomic E-state index is 12.9. The van der Waals surface area contributed by atoms with Gasteiger partial charge in [0.25, 0.3) is 0 Å². The number of halogens is 3. The number of benzene rings is 1. The van der Waals surface area contributed by atoms with E-state index < -0.39 is 17.7 Å². The summed E-state index contributed by atoms with van der Waals surface area (Å²) < 4.78 is 38.7. The van der Waals surface area contributed by atoms with Gasteiger partial charge in [0.1, 0.15) is 0 Å². The Morgan fingerprint density at radius 2 is 1.89 bits per heavy atom. The standard InChI is InChI=1S/C14H16F3NO/c1-3-8(4-2)11-9-6-5-7-10(14(15,16)17)12(9)18-13(11)19/h5-8,11H,3-4H2,1-2H3,(H,18,19). The third-order valence-electron chi connectivity index (χ3n) is 3.79. The minimum atomic E-state index is -4.44. The van der Waals surface area contributed by atoms with E-state index >= 15 is 0 Å². The Morgan fingerprint density at radius 3 is 2.42 bits per heavy atom. The number of alkyl halides is 3. The van der Waals surface area contributed by atoms with E-state index in [1.165, 1.54) is 6.07 Å². The Hall–Kier alpha value is -1.52. The van der Waals surface area contributed by atoms with Crippen molar-refractivity contribution in [2.45, 2.75) is 38.8 Å². The number of para-hydroxylation sites is 1. The van der Waals surface area contributed by atoms with E-state index in [0.29, 0.717) is 5.56 Å². The van der Waals surface area contributed by atoms with Gasteiger partial charge in [-0.05, 0) is 17.5 Å². The molecule has 104 valence electrons. The van der Waals surface area contributed by atoms with E-state index in [0.717, 1.165) is 18.9 Å². The van der Waals surface area contributed by atoms with Gasteiger partial charge in [0.2, 0.25) is 5.91 Å². The molecular weight excluding hydrogens is 255 g/mol. The van der Waals surface area contributed by atoms with E-state index in [-0.39, 0.29) is 17.5 Å². The van der Waals surface area contributed by atoms with Crippen molar-refractivity contribution >= 4 is 11.6 Å². The fraction of sp³-hybridized carbons (Fsp3) is 0.500. The summed E-state index contributed by atoms with van der Waals surface area (Å²) in [6, 6.07) is 4.00. The van der Waals surface area contributed by atoms with Gasteiger partial charge in [-0.3, -0.25) is 4.79 Å². The van der Waals surface area contributed by atoms with Crippen LogP contribution in [0.2, 0.25) is 0 Å². The van der Waals surface area contributed by atoms with Gasteiger partial charge >= 0.3 is 6.18 Å². The van der Waals surface area contributed by atoms with Crippen LogP contribution in [0.1, 0.15) is 43.7 Å². The van der Waals surface area contributed by atoms with Crippen molar-refractivity contribution in [3.8, 4) is 0 Å². The Labute approximate surface area is 110 Å². The lowest BCUT2D eigenvalue weighted by Gasteiger charge is -2.19. The third-order valence-corrected chi connectivity index (χ3v) is 3.79. The number of rotatable bonds is 3. The summed E-state index contributed by atoms with van der Waals surface area (Å²) in [7, 11) is 0. The number of carbonyl (C=O) groups is 1. The van der Waals surface area contributed by atoms with Crippen LogP contribution in [-0.4, -0.2) is 5.91 Å². The van der Waals surface area contributed by atoms with Gasteiger partial charge in [0.05, 0.1) is 17.2 Å². The second kappa shape index (κ2) is 4.87. The Morgan fingerprint density at radius 1 is 1.26 bits per heavy atom. The molecule has 2 nitrogen and oxygen atoms in total. The number of nitrogens with one attached hydrogen (secondary N) is 1. The number of hydrogen-bond acceptors (Lipinski definition) is 1. The summed E-state index contributed by atoms with van der Waals surface area (Å²) in [6.07, 6.45) is -2.91. The molecule has 1 aliphatic heterocycles. The largest absolute Gasteiger partial charge is 0.418 e. The lowest BCUT2D eigenvalue weighted by atomic mass is 9.83. The molecule has 0 saturated heterocycles. The maximum Gasteiger partial charge on any atom is 0.418 e. The molecule has 0 bridgehead atoms. The van der Waals surface area contributed by atoms with Crippen molar-refractivity contribution in [2.75, 3.05) is 5.32 Å². The lowest BCUT2D eigenvalue weighted by Crippen LogP contribution is -2.20. The minimum absolute atomic E-state index is 0.0584. The average molecular weight is 271 g/mol. The highest BCUT2D eigenvalue weighted by Gasteiger charge is 2.42. The van der Waals surface area contributed by atoms with Crippen molar-refractivity contribution in [3.05, 3.63) is 29.3 Å². The van der Waals surface area contributed by atoms with Gasteiger partial charge in [-0.2, -0.15) is 13.2 Å². The first-order valence-corrected chi connectivity index (χ1v) is 6.41. The highest BCUT2D eigenvalue weighted by atomic mass is 19.4. The van der Waals surface area contributed by atoms with Crippen LogP contribution in [0, 0.1) is 5.92 Å².